The van der Waals surface area contributed by atoms with Crippen LogP contribution in [0.3, 0.4) is 0 Å². The first-order valence-electron chi connectivity index (χ1n) is 9.90. The molecule has 1 fully saturated rings. The highest BCUT2D eigenvalue weighted by Gasteiger charge is 2.19. The molecule has 3 rings (SSSR count). The molecule has 0 saturated carbocycles. The van der Waals surface area contributed by atoms with Crippen molar-refractivity contribution in [3.63, 3.8) is 0 Å². The minimum absolute atomic E-state index is 0.874. The summed E-state index contributed by atoms with van der Waals surface area (Å²) in [6, 6.07) is 16.8. The van der Waals surface area contributed by atoms with Crippen LogP contribution in [-0.2, 0) is 6.54 Å². The summed E-state index contributed by atoms with van der Waals surface area (Å²) in [6.07, 6.45) is 1.98. The Morgan fingerprint density at radius 3 is 2.33 bits per heavy atom. The number of benzene rings is 2. The lowest BCUT2D eigenvalue weighted by Crippen LogP contribution is -3.13. The van der Waals surface area contributed by atoms with Gasteiger partial charge < -0.3 is 9.80 Å². The highest BCUT2D eigenvalue weighted by Crippen LogP contribution is 2.15. The standard InChI is InChI=1S/C22H29ClN4/c1-3-26(4-2)21-11-9-19(10-12-21)17-24-27-15-13-25(14-16-27)18-20-7-5-6-8-22(20)23/h5-12,17H,3-4,13-16,18H2,1-2H3/p+1/b24-17-. The highest BCUT2D eigenvalue weighted by atomic mass is 35.5. The fourth-order valence-electron chi connectivity index (χ4n) is 3.52. The van der Waals surface area contributed by atoms with Crippen LogP contribution in [0.25, 0.3) is 0 Å². The van der Waals surface area contributed by atoms with Gasteiger partial charge in [0.1, 0.15) is 6.54 Å². The molecule has 0 spiro atoms. The Bertz CT molecular complexity index is 732. The van der Waals surface area contributed by atoms with Crippen LogP contribution in [0.1, 0.15) is 25.0 Å². The number of anilines is 1. The Hall–Kier alpha value is -2.04. The van der Waals surface area contributed by atoms with E-state index >= 15 is 0 Å². The summed E-state index contributed by atoms with van der Waals surface area (Å²) in [5.74, 6) is 0. The van der Waals surface area contributed by atoms with E-state index in [1.165, 1.54) is 11.3 Å². The van der Waals surface area contributed by atoms with E-state index in [0.717, 1.165) is 56.4 Å². The monoisotopic (exact) mass is 385 g/mol. The average Bonchev–Trinajstić information content (AvgIpc) is 2.71. The number of halogens is 1. The molecule has 1 saturated heterocycles. The van der Waals surface area contributed by atoms with Crippen LogP contribution in [0.5, 0.6) is 0 Å². The van der Waals surface area contributed by atoms with Crippen LogP contribution in [0.2, 0.25) is 5.02 Å². The first-order chi connectivity index (χ1) is 13.2. The Balaban J connectivity index is 1.49. The van der Waals surface area contributed by atoms with Gasteiger partial charge in [-0.2, -0.15) is 5.10 Å². The molecule has 0 aromatic heterocycles. The molecular formula is C22H30ClN4+. The van der Waals surface area contributed by atoms with Crippen LogP contribution in [0, 0.1) is 0 Å². The number of hydrazone groups is 1. The molecular weight excluding hydrogens is 356 g/mol. The second-order valence-corrected chi connectivity index (χ2v) is 7.39. The molecule has 1 aliphatic rings. The van der Waals surface area contributed by atoms with Gasteiger partial charge in [-0.15, -0.1) is 0 Å². The third kappa shape index (κ3) is 5.47. The van der Waals surface area contributed by atoms with E-state index in [2.05, 4.69) is 65.3 Å². The van der Waals surface area contributed by atoms with E-state index in [1.54, 1.807) is 4.90 Å². The topological polar surface area (TPSA) is 23.3 Å². The Morgan fingerprint density at radius 2 is 1.70 bits per heavy atom. The predicted octanol–water partition coefficient (Wildman–Crippen LogP) is 2.92. The summed E-state index contributed by atoms with van der Waals surface area (Å²) in [7, 11) is 0. The molecule has 144 valence electrons. The largest absolute Gasteiger partial charge is 0.372 e. The average molecular weight is 386 g/mol. The van der Waals surface area contributed by atoms with Gasteiger partial charge in [-0.3, -0.25) is 5.01 Å². The summed E-state index contributed by atoms with van der Waals surface area (Å²) in [4.78, 5) is 3.92. The van der Waals surface area contributed by atoms with E-state index in [-0.39, 0.29) is 0 Å². The smallest absolute Gasteiger partial charge is 0.104 e. The zero-order chi connectivity index (χ0) is 19.1. The lowest BCUT2D eigenvalue weighted by atomic mass is 10.2. The fraction of sp³-hybridized carbons (Fsp3) is 0.409. The van der Waals surface area contributed by atoms with E-state index in [9.17, 15) is 0 Å². The lowest BCUT2D eigenvalue weighted by Gasteiger charge is -2.30. The quantitative estimate of drug-likeness (QED) is 0.741. The van der Waals surface area contributed by atoms with Gasteiger partial charge in [-0.05, 0) is 37.6 Å². The number of hydrogen-bond donors (Lipinski definition) is 1. The SMILES string of the molecule is CCN(CC)c1ccc(/C=N\N2CC[NH+](Cc3ccccc3Cl)CC2)cc1. The van der Waals surface area contributed by atoms with E-state index in [4.69, 9.17) is 11.6 Å². The van der Waals surface area contributed by atoms with Gasteiger partial charge in [0.05, 0.1) is 32.4 Å². The number of rotatable bonds is 7. The zero-order valence-electron chi connectivity index (χ0n) is 16.4. The minimum atomic E-state index is 0.874. The van der Waals surface area contributed by atoms with Crippen molar-refractivity contribution < 1.29 is 4.90 Å². The molecule has 1 heterocycles. The van der Waals surface area contributed by atoms with Gasteiger partial charge in [-0.25, -0.2) is 0 Å². The summed E-state index contributed by atoms with van der Waals surface area (Å²) in [5, 5.41) is 7.73. The molecule has 0 aliphatic carbocycles. The van der Waals surface area contributed by atoms with Gasteiger partial charge in [0.15, 0.2) is 0 Å². The molecule has 1 N–H and O–H groups in total. The van der Waals surface area contributed by atoms with Crippen molar-refractivity contribution in [2.24, 2.45) is 5.10 Å². The van der Waals surface area contributed by atoms with Crippen molar-refractivity contribution in [2.45, 2.75) is 20.4 Å². The highest BCUT2D eigenvalue weighted by molar-refractivity contribution is 6.31. The third-order valence-electron chi connectivity index (χ3n) is 5.24. The molecule has 2 aromatic rings. The Kier molecular flexibility index (Phi) is 7.13. The third-order valence-corrected chi connectivity index (χ3v) is 5.61. The molecule has 2 aromatic carbocycles. The van der Waals surface area contributed by atoms with E-state index in [1.807, 2.05) is 18.3 Å². The Morgan fingerprint density at radius 1 is 1.04 bits per heavy atom. The van der Waals surface area contributed by atoms with Crippen LogP contribution in [0.15, 0.2) is 53.6 Å². The van der Waals surface area contributed by atoms with Crippen LogP contribution in [-0.4, -0.2) is 50.5 Å². The van der Waals surface area contributed by atoms with Gasteiger partial charge in [-0.1, -0.05) is 41.9 Å². The number of quaternary nitrogens is 1. The molecule has 0 atom stereocenters. The van der Waals surface area contributed by atoms with Crippen molar-refractivity contribution in [1.82, 2.24) is 5.01 Å². The number of nitrogens with one attached hydrogen (secondary N) is 1. The fourth-order valence-corrected chi connectivity index (χ4v) is 3.73. The lowest BCUT2D eigenvalue weighted by molar-refractivity contribution is -0.918. The summed E-state index contributed by atoms with van der Waals surface area (Å²) < 4.78 is 0. The van der Waals surface area contributed by atoms with Crippen molar-refractivity contribution in [3.8, 4) is 0 Å². The number of nitrogens with zero attached hydrogens (tertiary/aromatic N) is 3. The maximum atomic E-state index is 6.29. The number of piperazine rings is 1. The van der Waals surface area contributed by atoms with Crippen molar-refractivity contribution in [2.75, 3.05) is 44.2 Å². The molecule has 27 heavy (non-hydrogen) atoms. The normalized spacial score (nSPS) is 15.4. The Labute approximate surface area is 168 Å². The maximum absolute atomic E-state index is 6.29. The maximum Gasteiger partial charge on any atom is 0.104 e. The van der Waals surface area contributed by atoms with E-state index < -0.39 is 0 Å². The summed E-state index contributed by atoms with van der Waals surface area (Å²) in [6.45, 7) is 11.6. The van der Waals surface area contributed by atoms with Gasteiger partial charge in [0.2, 0.25) is 0 Å². The van der Waals surface area contributed by atoms with Gasteiger partial charge in [0, 0.05) is 29.4 Å². The second kappa shape index (κ2) is 9.77. The minimum Gasteiger partial charge on any atom is -0.372 e. The molecule has 0 radical (unpaired) electrons. The van der Waals surface area contributed by atoms with Crippen molar-refractivity contribution in [3.05, 3.63) is 64.7 Å². The van der Waals surface area contributed by atoms with Crippen molar-refractivity contribution >= 4 is 23.5 Å². The van der Waals surface area contributed by atoms with Gasteiger partial charge >= 0.3 is 0 Å². The first kappa shape index (κ1) is 19.7. The molecule has 0 bridgehead atoms. The molecule has 0 unspecified atom stereocenters. The molecule has 1 aliphatic heterocycles. The first-order valence-corrected chi connectivity index (χ1v) is 10.3. The number of hydrogen-bond acceptors (Lipinski definition) is 3. The van der Waals surface area contributed by atoms with Crippen LogP contribution >= 0.6 is 11.6 Å². The molecule has 5 heteroatoms. The van der Waals surface area contributed by atoms with Crippen molar-refractivity contribution in [1.29, 1.82) is 0 Å². The summed E-state index contributed by atoms with van der Waals surface area (Å²) in [5.41, 5.74) is 3.66. The summed E-state index contributed by atoms with van der Waals surface area (Å²) >= 11 is 6.29. The van der Waals surface area contributed by atoms with Crippen LogP contribution < -0.4 is 9.80 Å². The zero-order valence-corrected chi connectivity index (χ0v) is 17.1. The second-order valence-electron chi connectivity index (χ2n) is 6.98. The van der Waals surface area contributed by atoms with Gasteiger partial charge in [0.25, 0.3) is 0 Å². The molecule has 0 amide bonds. The molecule has 4 nitrogen and oxygen atoms in total. The van der Waals surface area contributed by atoms with E-state index in [0.29, 0.717) is 0 Å². The van der Waals surface area contributed by atoms with Crippen LogP contribution in [0.4, 0.5) is 5.69 Å². The predicted molar refractivity (Wildman–Crippen MR) is 115 cm³/mol.